The Balaban J connectivity index is 2.11. The van der Waals surface area contributed by atoms with E-state index >= 15 is 0 Å². The highest BCUT2D eigenvalue weighted by atomic mass is 19.4. The fourth-order valence-corrected chi connectivity index (χ4v) is 4.07. The molecule has 0 N–H and O–H groups in total. The fourth-order valence-electron chi connectivity index (χ4n) is 4.07. The summed E-state index contributed by atoms with van der Waals surface area (Å²) in [5.41, 5.74) is 1.13. The zero-order chi connectivity index (χ0) is 27.1. The lowest BCUT2D eigenvalue weighted by Gasteiger charge is -2.33. The molecule has 7 nitrogen and oxygen atoms in total. The number of benzene rings is 1. The molecule has 0 radical (unpaired) electrons. The first-order chi connectivity index (χ1) is 16.6. The van der Waals surface area contributed by atoms with Crippen molar-refractivity contribution >= 4 is 17.6 Å². The van der Waals surface area contributed by atoms with Gasteiger partial charge in [-0.25, -0.2) is 0 Å². The van der Waals surface area contributed by atoms with E-state index in [4.69, 9.17) is 9.47 Å². The largest absolute Gasteiger partial charge is 0.469 e. The molecule has 0 amide bonds. The van der Waals surface area contributed by atoms with E-state index in [0.717, 1.165) is 15.5 Å². The smallest absolute Gasteiger partial charge is 0.452 e. The van der Waals surface area contributed by atoms with Crippen LogP contribution in [0.1, 0.15) is 68.6 Å². The Hall–Kier alpha value is -3.43. The van der Waals surface area contributed by atoms with Crippen molar-refractivity contribution in [1.29, 1.82) is 0 Å². The predicted molar refractivity (Wildman–Crippen MR) is 126 cm³/mol. The number of methoxy groups -OCH3 is 1. The highest BCUT2D eigenvalue weighted by molar-refractivity contribution is 5.78. The van der Waals surface area contributed by atoms with Gasteiger partial charge < -0.3 is 9.47 Å². The van der Waals surface area contributed by atoms with Crippen LogP contribution in [0.4, 0.5) is 13.2 Å². The summed E-state index contributed by atoms with van der Waals surface area (Å²) in [6.45, 7) is 10.6. The van der Waals surface area contributed by atoms with Crippen molar-refractivity contribution in [3.63, 3.8) is 0 Å². The topological polar surface area (TPSA) is 82.8 Å². The summed E-state index contributed by atoms with van der Waals surface area (Å²) in [4.78, 5) is 25.1. The zero-order valence-corrected chi connectivity index (χ0v) is 21.4. The van der Waals surface area contributed by atoms with E-state index in [2.05, 4.69) is 10.2 Å². The minimum Gasteiger partial charge on any atom is -0.469 e. The molecule has 0 fully saturated rings. The molecule has 3 aromatic rings. The number of ether oxygens (including phenoxy) is 2. The van der Waals surface area contributed by atoms with Gasteiger partial charge in [-0.05, 0) is 75.9 Å². The van der Waals surface area contributed by atoms with Crippen molar-refractivity contribution in [2.45, 2.75) is 60.2 Å². The van der Waals surface area contributed by atoms with E-state index in [1.165, 1.54) is 25.4 Å². The van der Waals surface area contributed by atoms with Gasteiger partial charge in [0.2, 0.25) is 5.82 Å². The van der Waals surface area contributed by atoms with Crippen LogP contribution in [-0.4, -0.2) is 33.6 Å². The Morgan fingerprint density at radius 3 is 2.19 bits per heavy atom. The van der Waals surface area contributed by atoms with E-state index in [1.807, 2.05) is 25.1 Å². The molecule has 1 unspecified atom stereocenters. The number of rotatable bonds is 6. The molecule has 0 saturated heterocycles. The van der Waals surface area contributed by atoms with Gasteiger partial charge in [0.1, 0.15) is 6.61 Å². The average molecular weight is 506 g/mol. The highest BCUT2D eigenvalue weighted by Crippen LogP contribution is 2.43. The number of pyridine rings is 1. The molecule has 0 aliphatic heterocycles. The zero-order valence-electron chi connectivity index (χ0n) is 21.4. The third kappa shape index (κ3) is 5.37. The Morgan fingerprint density at radius 1 is 0.972 bits per heavy atom. The molecule has 1 aromatic carbocycles. The van der Waals surface area contributed by atoms with Crippen molar-refractivity contribution in [2.24, 2.45) is 10.8 Å². The SMILES string of the molecule is COC(=O)C(C)(C)C(c1ccc(C)c(COC(=O)C(C)(C)C)c1)c1ccn2c(C(F)(F)F)nnc2c1. The van der Waals surface area contributed by atoms with Gasteiger partial charge in [-0.2, -0.15) is 13.2 Å². The Bertz CT molecular complexity index is 1290. The van der Waals surface area contributed by atoms with Gasteiger partial charge in [0.15, 0.2) is 5.65 Å². The molecule has 0 saturated carbocycles. The molecule has 194 valence electrons. The molecule has 36 heavy (non-hydrogen) atoms. The molecule has 2 heterocycles. The minimum absolute atomic E-state index is 0.00284. The molecular formula is C26H30F3N3O4. The monoisotopic (exact) mass is 505 g/mol. The maximum absolute atomic E-state index is 13.3. The van der Waals surface area contributed by atoms with Crippen molar-refractivity contribution in [1.82, 2.24) is 14.6 Å². The summed E-state index contributed by atoms with van der Waals surface area (Å²) in [7, 11) is 1.28. The van der Waals surface area contributed by atoms with Gasteiger partial charge in [0.05, 0.1) is 17.9 Å². The normalized spacial score (nSPS) is 13.5. The van der Waals surface area contributed by atoms with Gasteiger partial charge >= 0.3 is 18.1 Å². The summed E-state index contributed by atoms with van der Waals surface area (Å²) in [5, 5.41) is 6.98. The van der Waals surface area contributed by atoms with Crippen LogP contribution in [0.25, 0.3) is 5.65 Å². The van der Waals surface area contributed by atoms with E-state index in [0.29, 0.717) is 11.1 Å². The number of hydrogen-bond donors (Lipinski definition) is 0. The van der Waals surface area contributed by atoms with Crippen LogP contribution in [0, 0.1) is 17.8 Å². The first-order valence-electron chi connectivity index (χ1n) is 11.3. The predicted octanol–water partition coefficient (Wildman–Crippen LogP) is 5.48. The minimum atomic E-state index is -4.66. The quantitative estimate of drug-likeness (QED) is 0.413. The van der Waals surface area contributed by atoms with Crippen molar-refractivity contribution in [3.05, 3.63) is 64.6 Å². The Kier molecular flexibility index (Phi) is 7.21. The van der Waals surface area contributed by atoms with Crippen LogP contribution in [0.2, 0.25) is 0 Å². The fraction of sp³-hybridized carbons (Fsp3) is 0.462. The Morgan fingerprint density at radius 2 is 1.61 bits per heavy atom. The lowest BCUT2D eigenvalue weighted by atomic mass is 9.71. The maximum Gasteiger partial charge on any atom is 0.452 e. The van der Waals surface area contributed by atoms with Crippen LogP contribution in [0.15, 0.2) is 36.5 Å². The average Bonchev–Trinajstić information content (AvgIpc) is 3.21. The molecule has 0 aliphatic rings. The number of nitrogens with zero attached hydrogens (tertiary/aromatic N) is 3. The summed E-state index contributed by atoms with van der Waals surface area (Å²) >= 11 is 0. The second kappa shape index (κ2) is 9.55. The highest BCUT2D eigenvalue weighted by Gasteiger charge is 2.41. The van der Waals surface area contributed by atoms with Gasteiger partial charge in [-0.1, -0.05) is 18.2 Å². The van der Waals surface area contributed by atoms with Gasteiger partial charge in [-0.15, -0.1) is 10.2 Å². The number of hydrogen-bond acceptors (Lipinski definition) is 6. The summed E-state index contributed by atoms with van der Waals surface area (Å²) in [6.07, 6.45) is -3.42. The number of esters is 2. The van der Waals surface area contributed by atoms with E-state index in [-0.39, 0.29) is 18.2 Å². The number of halogens is 3. The van der Waals surface area contributed by atoms with Crippen LogP contribution < -0.4 is 0 Å². The molecule has 1 atom stereocenters. The standard InChI is InChI=1S/C26H30F3N3O4/c1-15-8-9-16(12-18(15)14-36-22(33)24(2,3)4)20(25(5,6)23(34)35-7)17-10-11-32-19(13-17)30-31-21(32)26(27,28)29/h8-13,20H,14H2,1-7H3. The van der Waals surface area contributed by atoms with Crippen molar-refractivity contribution in [2.75, 3.05) is 7.11 Å². The second-order valence-corrected chi connectivity index (χ2v) is 10.4. The molecule has 0 aliphatic carbocycles. The first-order valence-corrected chi connectivity index (χ1v) is 11.3. The van der Waals surface area contributed by atoms with Crippen molar-refractivity contribution < 1.29 is 32.2 Å². The lowest BCUT2D eigenvalue weighted by Crippen LogP contribution is -2.33. The molecule has 3 rings (SSSR count). The molecule has 0 spiro atoms. The third-order valence-corrected chi connectivity index (χ3v) is 6.13. The van der Waals surface area contributed by atoms with Crippen LogP contribution in [0.3, 0.4) is 0 Å². The summed E-state index contributed by atoms with van der Waals surface area (Å²) in [6, 6.07) is 8.54. The molecule has 2 aromatic heterocycles. The third-order valence-electron chi connectivity index (χ3n) is 6.13. The molecular weight excluding hydrogens is 475 g/mol. The summed E-state index contributed by atoms with van der Waals surface area (Å²) in [5.74, 6) is -2.59. The van der Waals surface area contributed by atoms with Gasteiger partial charge in [0, 0.05) is 12.1 Å². The van der Waals surface area contributed by atoms with Gasteiger partial charge in [0.25, 0.3) is 0 Å². The van der Waals surface area contributed by atoms with E-state index in [1.54, 1.807) is 34.6 Å². The maximum atomic E-state index is 13.3. The van der Waals surface area contributed by atoms with Crippen LogP contribution >= 0.6 is 0 Å². The molecule has 10 heteroatoms. The lowest BCUT2D eigenvalue weighted by molar-refractivity contribution is -0.154. The summed E-state index contributed by atoms with van der Waals surface area (Å²) < 4.78 is 51.3. The number of alkyl halides is 3. The van der Waals surface area contributed by atoms with Crippen molar-refractivity contribution in [3.8, 4) is 0 Å². The molecule has 0 bridgehead atoms. The number of aryl methyl sites for hydroxylation is 1. The van der Waals surface area contributed by atoms with Crippen LogP contribution in [0.5, 0.6) is 0 Å². The van der Waals surface area contributed by atoms with Gasteiger partial charge in [-0.3, -0.25) is 14.0 Å². The van der Waals surface area contributed by atoms with E-state index in [9.17, 15) is 22.8 Å². The number of aromatic nitrogens is 3. The number of fused-ring (bicyclic) bond motifs is 1. The van der Waals surface area contributed by atoms with E-state index < -0.39 is 34.7 Å². The number of carbonyl (C=O) groups excluding carboxylic acids is 2. The number of carbonyl (C=O) groups is 2. The Labute approximate surface area is 207 Å². The van der Waals surface area contributed by atoms with Crippen LogP contribution in [-0.2, 0) is 31.8 Å². The second-order valence-electron chi connectivity index (χ2n) is 10.4. The first kappa shape index (κ1) is 27.2.